The molecule has 1 aliphatic carbocycles. The molecule has 2 aliphatic rings. The van der Waals surface area contributed by atoms with Crippen LogP contribution in [0.25, 0.3) is 0 Å². The third kappa shape index (κ3) is 4.11. The minimum absolute atomic E-state index is 0.0336. The molecular weight excluding hydrogens is 308 g/mol. The number of furan rings is 1. The molecule has 6 heteroatoms. The van der Waals surface area contributed by atoms with E-state index in [1.807, 2.05) is 0 Å². The number of urea groups is 1. The number of ether oxygens (including phenoxy) is 1. The van der Waals surface area contributed by atoms with Gasteiger partial charge in [0.2, 0.25) is 0 Å². The predicted molar refractivity (Wildman–Crippen MR) is 89.6 cm³/mol. The molecule has 0 radical (unpaired) electrons. The quantitative estimate of drug-likeness (QED) is 0.789. The van der Waals surface area contributed by atoms with E-state index >= 15 is 0 Å². The molecule has 0 aromatic carbocycles. The molecule has 2 heterocycles. The van der Waals surface area contributed by atoms with E-state index in [4.69, 9.17) is 9.15 Å². The average molecular weight is 336 g/mol. The summed E-state index contributed by atoms with van der Waals surface area (Å²) in [6.07, 6.45) is 9.13. The van der Waals surface area contributed by atoms with Crippen molar-refractivity contribution in [1.82, 2.24) is 10.6 Å². The largest absolute Gasteiger partial charge is 0.466 e. The maximum atomic E-state index is 12.2. The van der Waals surface area contributed by atoms with Gasteiger partial charge in [-0.15, -0.1) is 0 Å². The molecule has 0 unspecified atom stereocenters. The molecule has 134 valence electrons. The first-order valence-electron chi connectivity index (χ1n) is 8.94. The fourth-order valence-corrected chi connectivity index (χ4v) is 3.86. The van der Waals surface area contributed by atoms with Crippen LogP contribution in [0.1, 0.15) is 57.6 Å². The monoisotopic (exact) mass is 336 g/mol. The van der Waals surface area contributed by atoms with E-state index in [0.29, 0.717) is 12.4 Å². The minimum atomic E-state index is -1.22. The minimum Gasteiger partial charge on any atom is -0.466 e. The van der Waals surface area contributed by atoms with Crippen LogP contribution in [0.2, 0.25) is 0 Å². The van der Waals surface area contributed by atoms with Gasteiger partial charge < -0.3 is 24.9 Å². The van der Waals surface area contributed by atoms with Crippen LogP contribution in [0.4, 0.5) is 4.79 Å². The topological polar surface area (TPSA) is 83.7 Å². The summed E-state index contributed by atoms with van der Waals surface area (Å²) in [7, 11) is 0. The molecular formula is C18H28N2O4. The van der Waals surface area contributed by atoms with Crippen LogP contribution in [-0.2, 0) is 10.3 Å². The lowest BCUT2D eigenvalue weighted by Gasteiger charge is -2.43. The summed E-state index contributed by atoms with van der Waals surface area (Å²) in [5.74, 6) is 0.440. The Bertz CT molecular complexity index is 530. The molecule has 2 atom stereocenters. The fraction of sp³-hybridized carbons (Fsp3) is 0.722. The summed E-state index contributed by atoms with van der Waals surface area (Å²) in [6.45, 7) is 2.42. The van der Waals surface area contributed by atoms with Gasteiger partial charge in [-0.1, -0.05) is 19.3 Å². The highest BCUT2D eigenvalue weighted by Crippen LogP contribution is 2.38. The van der Waals surface area contributed by atoms with Crippen LogP contribution >= 0.6 is 0 Å². The van der Waals surface area contributed by atoms with Crippen molar-refractivity contribution in [2.24, 2.45) is 0 Å². The van der Waals surface area contributed by atoms with Gasteiger partial charge in [0.1, 0.15) is 11.4 Å². The molecule has 2 fully saturated rings. The maximum absolute atomic E-state index is 12.2. The van der Waals surface area contributed by atoms with E-state index < -0.39 is 5.60 Å². The molecule has 3 N–H and O–H groups in total. The first-order valence-corrected chi connectivity index (χ1v) is 8.94. The van der Waals surface area contributed by atoms with Crippen molar-refractivity contribution in [1.29, 1.82) is 0 Å². The molecule has 1 aromatic heterocycles. The van der Waals surface area contributed by atoms with Crippen LogP contribution in [-0.4, -0.2) is 35.9 Å². The molecule has 1 aromatic rings. The lowest BCUT2D eigenvalue weighted by Crippen LogP contribution is -2.52. The van der Waals surface area contributed by atoms with Crippen molar-refractivity contribution in [2.75, 3.05) is 13.2 Å². The predicted octanol–water partition coefficient (Wildman–Crippen LogP) is 2.67. The molecule has 1 aliphatic heterocycles. The highest BCUT2D eigenvalue weighted by molar-refractivity contribution is 5.74. The Morgan fingerprint density at radius 1 is 1.42 bits per heavy atom. The first-order chi connectivity index (χ1) is 11.5. The lowest BCUT2D eigenvalue weighted by atomic mass is 9.78. The fourth-order valence-electron chi connectivity index (χ4n) is 3.86. The van der Waals surface area contributed by atoms with Crippen molar-refractivity contribution in [3.05, 3.63) is 24.2 Å². The van der Waals surface area contributed by atoms with E-state index in [2.05, 4.69) is 10.6 Å². The molecule has 1 spiro atoms. The number of rotatable bonds is 4. The number of nitrogens with one attached hydrogen (secondary N) is 2. The molecule has 3 rings (SSSR count). The third-order valence-corrected chi connectivity index (χ3v) is 5.24. The lowest BCUT2D eigenvalue weighted by molar-refractivity contribution is -0.107. The first kappa shape index (κ1) is 17.3. The number of aliphatic hydroxyl groups is 1. The Labute approximate surface area is 142 Å². The Balaban J connectivity index is 1.48. The molecule has 0 bridgehead atoms. The summed E-state index contributed by atoms with van der Waals surface area (Å²) in [4.78, 5) is 12.2. The zero-order valence-electron chi connectivity index (χ0n) is 14.3. The Kier molecular flexibility index (Phi) is 5.15. The summed E-state index contributed by atoms with van der Waals surface area (Å²) in [5, 5.41) is 16.2. The highest BCUT2D eigenvalue weighted by atomic mass is 16.5. The molecule has 6 nitrogen and oxygen atoms in total. The molecule has 1 saturated heterocycles. The van der Waals surface area contributed by atoms with Gasteiger partial charge in [-0.05, 0) is 44.7 Å². The number of carbonyl (C=O) groups is 1. The SMILES string of the molecule is C[C@](O)(CNC(=O)N[C@H]1CCOC2(CCCCC2)C1)c1ccco1. The normalized spacial score (nSPS) is 25.8. The zero-order valence-corrected chi connectivity index (χ0v) is 14.3. The van der Waals surface area contributed by atoms with Crippen LogP contribution in [0.15, 0.2) is 22.8 Å². The van der Waals surface area contributed by atoms with Crippen LogP contribution in [0, 0.1) is 0 Å². The summed E-state index contributed by atoms with van der Waals surface area (Å²) in [6, 6.07) is 3.30. The van der Waals surface area contributed by atoms with E-state index in [9.17, 15) is 9.90 Å². The summed E-state index contributed by atoms with van der Waals surface area (Å²) in [5.41, 5.74) is -1.25. The average Bonchev–Trinajstić information content (AvgIpc) is 3.09. The number of carbonyl (C=O) groups excluding carboxylic acids is 1. The second-order valence-corrected chi connectivity index (χ2v) is 7.36. The number of amides is 2. The van der Waals surface area contributed by atoms with Crippen LogP contribution in [0.5, 0.6) is 0 Å². The Morgan fingerprint density at radius 2 is 2.21 bits per heavy atom. The maximum Gasteiger partial charge on any atom is 0.315 e. The van der Waals surface area contributed by atoms with E-state index in [-0.39, 0.29) is 24.2 Å². The van der Waals surface area contributed by atoms with Gasteiger partial charge in [0.25, 0.3) is 0 Å². The van der Waals surface area contributed by atoms with Crippen molar-refractivity contribution in [2.45, 2.75) is 69.1 Å². The van der Waals surface area contributed by atoms with Crippen molar-refractivity contribution in [3.8, 4) is 0 Å². The van der Waals surface area contributed by atoms with E-state index in [1.54, 1.807) is 19.1 Å². The third-order valence-electron chi connectivity index (χ3n) is 5.24. The van der Waals surface area contributed by atoms with Crippen LogP contribution < -0.4 is 10.6 Å². The number of hydrogen-bond acceptors (Lipinski definition) is 4. The Morgan fingerprint density at radius 3 is 2.92 bits per heavy atom. The molecule has 24 heavy (non-hydrogen) atoms. The van der Waals surface area contributed by atoms with E-state index in [1.165, 1.54) is 25.5 Å². The van der Waals surface area contributed by atoms with Gasteiger partial charge in [0.15, 0.2) is 0 Å². The van der Waals surface area contributed by atoms with Gasteiger partial charge in [-0.3, -0.25) is 0 Å². The van der Waals surface area contributed by atoms with Crippen molar-refractivity contribution < 1.29 is 19.1 Å². The van der Waals surface area contributed by atoms with Gasteiger partial charge >= 0.3 is 6.03 Å². The van der Waals surface area contributed by atoms with Gasteiger partial charge in [0.05, 0.1) is 18.4 Å². The Hall–Kier alpha value is -1.53. The summed E-state index contributed by atoms with van der Waals surface area (Å²) < 4.78 is 11.3. The van der Waals surface area contributed by atoms with Gasteiger partial charge in [0, 0.05) is 12.6 Å². The second kappa shape index (κ2) is 7.15. The smallest absolute Gasteiger partial charge is 0.315 e. The number of hydrogen-bond donors (Lipinski definition) is 3. The molecule has 1 saturated carbocycles. The molecule has 2 amide bonds. The standard InChI is InChI=1S/C18H28N2O4/c1-17(22,15-6-5-10-23-15)13-19-16(21)20-14-7-11-24-18(12-14)8-3-2-4-9-18/h5-6,10,14,22H,2-4,7-9,11-13H2,1H3,(H2,19,20,21)/t14-,17-/m0/s1. The van der Waals surface area contributed by atoms with E-state index in [0.717, 1.165) is 25.7 Å². The van der Waals surface area contributed by atoms with Crippen molar-refractivity contribution >= 4 is 6.03 Å². The second-order valence-electron chi connectivity index (χ2n) is 7.36. The summed E-state index contributed by atoms with van der Waals surface area (Å²) >= 11 is 0. The zero-order chi connectivity index (χ0) is 17.0. The highest BCUT2D eigenvalue weighted by Gasteiger charge is 2.39. The van der Waals surface area contributed by atoms with Crippen LogP contribution in [0.3, 0.4) is 0 Å². The van der Waals surface area contributed by atoms with Crippen molar-refractivity contribution in [3.63, 3.8) is 0 Å². The van der Waals surface area contributed by atoms with Gasteiger partial charge in [-0.25, -0.2) is 4.79 Å². The van der Waals surface area contributed by atoms with Gasteiger partial charge in [-0.2, -0.15) is 0 Å².